The van der Waals surface area contributed by atoms with Gasteiger partial charge in [0.1, 0.15) is 5.82 Å². The first-order chi connectivity index (χ1) is 10.1. The van der Waals surface area contributed by atoms with Crippen LogP contribution in [0.2, 0.25) is 0 Å². The Morgan fingerprint density at radius 1 is 1.05 bits per heavy atom. The SMILES string of the molecule is Cc1ccc(F)c(N2C(=O)[C@H]3[C@H](C2=O)[C@@H]2C=C[C@@H]3CC2)c1. The van der Waals surface area contributed by atoms with E-state index in [0.29, 0.717) is 0 Å². The van der Waals surface area contributed by atoms with Crippen LogP contribution in [0.25, 0.3) is 0 Å². The Morgan fingerprint density at radius 2 is 1.62 bits per heavy atom. The lowest BCUT2D eigenvalue weighted by Gasteiger charge is -2.38. The zero-order valence-electron chi connectivity index (χ0n) is 11.8. The third-order valence-corrected chi connectivity index (χ3v) is 5.10. The van der Waals surface area contributed by atoms with Gasteiger partial charge >= 0.3 is 0 Å². The standard InChI is InChI=1S/C17H16FNO2/c1-9-2-7-12(18)13(8-9)19-16(20)14-10-3-4-11(6-5-10)15(14)17(19)21/h2-4,7-8,10-11,14-15H,5-6H2,1H3/t10-,11-,14-,15-/m1/s1. The van der Waals surface area contributed by atoms with E-state index in [1.165, 1.54) is 6.07 Å². The number of carbonyl (C=O) groups is 2. The van der Waals surface area contributed by atoms with Gasteiger partial charge in [-0.1, -0.05) is 18.2 Å². The van der Waals surface area contributed by atoms with Gasteiger partial charge in [0.15, 0.2) is 0 Å². The molecular formula is C17H16FNO2. The van der Waals surface area contributed by atoms with E-state index in [1.54, 1.807) is 12.1 Å². The fourth-order valence-electron chi connectivity index (χ4n) is 4.11. The van der Waals surface area contributed by atoms with Crippen LogP contribution in [0.5, 0.6) is 0 Å². The molecule has 1 heterocycles. The summed E-state index contributed by atoms with van der Waals surface area (Å²) in [6, 6.07) is 4.54. The number of imide groups is 1. The number of rotatable bonds is 1. The van der Waals surface area contributed by atoms with Crippen LogP contribution in [-0.2, 0) is 9.59 Å². The van der Waals surface area contributed by atoms with Crippen LogP contribution in [0.15, 0.2) is 30.4 Å². The highest BCUT2D eigenvalue weighted by Gasteiger charge is 2.57. The van der Waals surface area contributed by atoms with Crippen molar-refractivity contribution in [3.63, 3.8) is 0 Å². The lowest BCUT2D eigenvalue weighted by molar-refractivity contribution is -0.124. The van der Waals surface area contributed by atoms with Crippen molar-refractivity contribution in [2.45, 2.75) is 19.8 Å². The van der Waals surface area contributed by atoms with Crippen molar-refractivity contribution in [3.8, 4) is 0 Å². The molecule has 1 aliphatic heterocycles. The summed E-state index contributed by atoms with van der Waals surface area (Å²) in [6.45, 7) is 1.83. The van der Waals surface area contributed by atoms with Gasteiger partial charge in [0.25, 0.3) is 0 Å². The molecular weight excluding hydrogens is 269 g/mol. The maximum absolute atomic E-state index is 14.1. The summed E-state index contributed by atoms with van der Waals surface area (Å²) in [7, 11) is 0. The molecule has 3 aliphatic carbocycles. The van der Waals surface area contributed by atoms with Gasteiger partial charge in [-0.25, -0.2) is 9.29 Å². The average molecular weight is 285 g/mol. The Balaban J connectivity index is 1.80. The van der Waals surface area contributed by atoms with Crippen LogP contribution in [-0.4, -0.2) is 11.8 Å². The number of nitrogens with zero attached hydrogens (tertiary/aromatic N) is 1. The molecule has 1 saturated heterocycles. The number of fused-ring (bicyclic) bond motifs is 1. The molecule has 1 aromatic rings. The van der Waals surface area contributed by atoms with Crippen molar-refractivity contribution in [1.29, 1.82) is 0 Å². The molecule has 3 nitrogen and oxygen atoms in total. The molecule has 0 spiro atoms. The molecule has 1 aromatic carbocycles. The summed E-state index contributed by atoms with van der Waals surface area (Å²) in [6.07, 6.45) is 6.03. The van der Waals surface area contributed by atoms with Gasteiger partial charge in [0.2, 0.25) is 11.8 Å². The van der Waals surface area contributed by atoms with E-state index in [9.17, 15) is 14.0 Å². The van der Waals surface area contributed by atoms with E-state index < -0.39 is 5.82 Å². The number of aryl methyl sites for hydroxylation is 1. The fourth-order valence-corrected chi connectivity index (χ4v) is 4.11. The fraction of sp³-hybridized carbons (Fsp3) is 0.412. The molecule has 2 fully saturated rings. The maximum Gasteiger partial charge on any atom is 0.238 e. The van der Waals surface area contributed by atoms with Crippen LogP contribution in [0.3, 0.4) is 0 Å². The minimum Gasteiger partial charge on any atom is -0.274 e. The van der Waals surface area contributed by atoms with Gasteiger partial charge in [-0.05, 0) is 49.3 Å². The molecule has 4 atom stereocenters. The van der Waals surface area contributed by atoms with Gasteiger partial charge < -0.3 is 0 Å². The number of carbonyl (C=O) groups excluding carboxylic acids is 2. The van der Waals surface area contributed by atoms with Gasteiger partial charge in [-0.3, -0.25) is 9.59 Å². The van der Waals surface area contributed by atoms with Crippen LogP contribution < -0.4 is 4.90 Å². The maximum atomic E-state index is 14.1. The molecule has 2 amide bonds. The van der Waals surface area contributed by atoms with Gasteiger partial charge in [0, 0.05) is 0 Å². The lowest BCUT2D eigenvalue weighted by Crippen LogP contribution is -2.38. The number of halogens is 1. The van der Waals surface area contributed by atoms with Crippen molar-refractivity contribution < 1.29 is 14.0 Å². The number of hydrogen-bond acceptors (Lipinski definition) is 2. The molecule has 5 rings (SSSR count). The van der Waals surface area contributed by atoms with Crippen LogP contribution >= 0.6 is 0 Å². The van der Waals surface area contributed by atoms with Gasteiger partial charge in [-0.15, -0.1) is 0 Å². The average Bonchev–Trinajstić information content (AvgIpc) is 2.77. The van der Waals surface area contributed by atoms with Crippen molar-refractivity contribution >= 4 is 17.5 Å². The predicted octanol–water partition coefficient (Wildman–Crippen LogP) is 2.84. The first-order valence-electron chi connectivity index (χ1n) is 7.40. The Morgan fingerprint density at radius 3 is 2.14 bits per heavy atom. The molecule has 0 unspecified atom stereocenters. The Bertz CT molecular complexity index is 649. The van der Waals surface area contributed by atoms with Crippen LogP contribution in [0.1, 0.15) is 18.4 Å². The highest BCUT2D eigenvalue weighted by Crippen LogP contribution is 2.50. The zero-order chi connectivity index (χ0) is 14.7. The van der Waals surface area contributed by atoms with Gasteiger partial charge in [-0.2, -0.15) is 0 Å². The summed E-state index contributed by atoms with van der Waals surface area (Å²) >= 11 is 0. The van der Waals surface area contributed by atoms with E-state index in [-0.39, 0.29) is 41.2 Å². The van der Waals surface area contributed by atoms with Gasteiger partial charge in [0.05, 0.1) is 17.5 Å². The zero-order valence-corrected chi connectivity index (χ0v) is 11.8. The van der Waals surface area contributed by atoms with Crippen LogP contribution in [0.4, 0.5) is 10.1 Å². The first kappa shape index (κ1) is 12.7. The monoisotopic (exact) mass is 285 g/mol. The summed E-state index contributed by atoms with van der Waals surface area (Å²) in [5.41, 5.74) is 0.946. The number of benzene rings is 1. The Labute approximate surface area is 122 Å². The van der Waals surface area contributed by atoms with E-state index in [4.69, 9.17) is 0 Å². The molecule has 4 aliphatic rings. The highest BCUT2D eigenvalue weighted by atomic mass is 19.1. The highest BCUT2D eigenvalue weighted by molar-refractivity contribution is 6.22. The van der Waals surface area contributed by atoms with E-state index in [2.05, 4.69) is 12.2 Å². The van der Waals surface area contributed by atoms with Crippen molar-refractivity contribution in [3.05, 3.63) is 41.7 Å². The van der Waals surface area contributed by atoms with Crippen molar-refractivity contribution in [2.24, 2.45) is 23.7 Å². The summed E-state index contributed by atoms with van der Waals surface area (Å²) in [4.78, 5) is 26.5. The number of allylic oxidation sites excluding steroid dienone is 2. The lowest BCUT2D eigenvalue weighted by atomic mass is 9.63. The molecule has 2 bridgehead atoms. The van der Waals surface area contributed by atoms with E-state index in [1.807, 2.05) is 6.92 Å². The minimum absolute atomic E-state index is 0.110. The molecule has 0 aromatic heterocycles. The molecule has 1 saturated carbocycles. The molecule has 0 N–H and O–H groups in total. The first-order valence-corrected chi connectivity index (χ1v) is 7.40. The normalized spacial score (nSPS) is 33.7. The van der Waals surface area contributed by atoms with Crippen LogP contribution in [0, 0.1) is 36.4 Å². The topological polar surface area (TPSA) is 37.4 Å². The molecule has 0 radical (unpaired) electrons. The largest absolute Gasteiger partial charge is 0.274 e. The summed E-state index contributed by atoms with van der Waals surface area (Å²) < 4.78 is 14.1. The van der Waals surface area contributed by atoms with E-state index >= 15 is 0 Å². The van der Waals surface area contributed by atoms with E-state index in [0.717, 1.165) is 23.3 Å². The predicted molar refractivity (Wildman–Crippen MR) is 76.0 cm³/mol. The smallest absolute Gasteiger partial charge is 0.238 e. The summed E-state index contributed by atoms with van der Waals surface area (Å²) in [5, 5.41) is 0. The molecule has 21 heavy (non-hydrogen) atoms. The van der Waals surface area contributed by atoms with Crippen molar-refractivity contribution in [1.82, 2.24) is 0 Å². The Hall–Kier alpha value is -1.97. The second kappa shape index (κ2) is 4.26. The number of amides is 2. The van der Waals surface area contributed by atoms with Crippen molar-refractivity contribution in [2.75, 3.05) is 4.90 Å². The summed E-state index contributed by atoms with van der Waals surface area (Å²) in [5.74, 6) is -1.28. The Kier molecular flexibility index (Phi) is 2.59. The second-order valence-electron chi connectivity index (χ2n) is 6.31. The number of anilines is 1. The molecule has 4 heteroatoms. The quantitative estimate of drug-likeness (QED) is 0.588. The third kappa shape index (κ3) is 1.65. The third-order valence-electron chi connectivity index (χ3n) is 5.10. The molecule has 108 valence electrons. The minimum atomic E-state index is -0.513. The number of hydrogen-bond donors (Lipinski definition) is 0. The second-order valence-corrected chi connectivity index (χ2v) is 6.31.